The smallest absolute Gasteiger partial charge is 0.334 e. The van der Waals surface area contributed by atoms with Crippen LogP contribution in [0, 0.1) is 22.7 Å². The standard InChI is InChI=1S/C26H38O10/c1-13-4-5-17-25(2,19(13)15(29)10-14-7-9-34-23(14)33)8-6-18(26(17,3)12-28)36-24-22(32)21(31)20(30)16(11-27)35-24/h7,16-22,24,27-28,30-32H,1,4-6,8-12H2,2-3H3/t16?,17-,18?,19?,20?,21?,22?,24?,25+,26-/m0/s1. The van der Waals surface area contributed by atoms with Gasteiger partial charge in [0.15, 0.2) is 6.29 Å². The number of aliphatic hydroxyl groups excluding tert-OH is 5. The number of cyclic esters (lactones) is 1. The van der Waals surface area contributed by atoms with Gasteiger partial charge in [-0.3, -0.25) is 4.79 Å². The normalized spacial score (nSPS) is 45.1. The van der Waals surface area contributed by atoms with Crippen LogP contribution >= 0.6 is 0 Å². The summed E-state index contributed by atoms with van der Waals surface area (Å²) in [5.74, 6) is -1.21. The number of ketones is 1. The van der Waals surface area contributed by atoms with Gasteiger partial charge in [0.25, 0.3) is 0 Å². The van der Waals surface area contributed by atoms with Crippen LogP contribution in [0.3, 0.4) is 0 Å². The van der Waals surface area contributed by atoms with Crippen LogP contribution in [0.1, 0.15) is 46.0 Å². The molecule has 202 valence electrons. The predicted octanol–water partition coefficient (Wildman–Crippen LogP) is -0.00500. The van der Waals surface area contributed by atoms with Crippen LogP contribution in [0.2, 0.25) is 0 Å². The molecule has 0 aromatic carbocycles. The first-order chi connectivity index (χ1) is 17.0. The molecule has 2 saturated carbocycles. The van der Waals surface area contributed by atoms with Gasteiger partial charge >= 0.3 is 5.97 Å². The average Bonchev–Trinajstić information content (AvgIpc) is 3.24. The highest BCUT2D eigenvalue weighted by Gasteiger charge is 2.60. The highest BCUT2D eigenvalue weighted by atomic mass is 16.7. The number of fused-ring (bicyclic) bond motifs is 1. The summed E-state index contributed by atoms with van der Waals surface area (Å²) in [7, 11) is 0. The van der Waals surface area contributed by atoms with Gasteiger partial charge in [0.2, 0.25) is 0 Å². The van der Waals surface area contributed by atoms with Crippen molar-refractivity contribution in [1.29, 1.82) is 0 Å². The summed E-state index contributed by atoms with van der Waals surface area (Å²) >= 11 is 0. The molecular weight excluding hydrogens is 472 g/mol. The second-order valence-electron chi connectivity index (χ2n) is 11.2. The van der Waals surface area contributed by atoms with E-state index < -0.39 is 66.1 Å². The Labute approximate surface area is 210 Å². The zero-order valence-electron chi connectivity index (χ0n) is 20.8. The van der Waals surface area contributed by atoms with E-state index in [4.69, 9.17) is 14.2 Å². The van der Waals surface area contributed by atoms with Gasteiger partial charge in [0.1, 0.15) is 36.8 Å². The molecule has 0 aromatic rings. The lowest BCUT2D eigenvalue weighted by atomic mass is 9.46. The fourth-order valence-corrected chi connectivity index (χ4v) is 7.07. The van der Waals surface area contributed by atoms with Crippen LogP contribution in [0.15, 0.2) is 23.8 Å². The fourth-order valence-electron chi connectivity index (χ4n) is 7.07. The number of aliphatic hydroxyl groups is 5. The monoisotopic (exact) mass is 510 g/mol. The van der Waals surface area contributed by atoms with Crippen LogP contribution in [0.5, 0.6) is 0 Å². The quantitative estimate of drug-likeness (QED) is 0.179. The molecule has 10 atom stereocenters. The van der Waals surface area contributed by atoms with E-state index in [-0.39, 0.29) is 31.3 Å². The molecule has 4 aliphatic rings. The number of esters is 1. The molecule has 0 bridgehead atoms. The molecule has 3 fully saturated rings. The molecule has 7 unspecified atom stereocenters. The molecule has 2 heterocycles. The van der Waals surface area contributed by atoms with E-state index in [0.29, 0.717) is 31.3 Å². The summed E-state index contributed by atoms with van der Waals surface area (Å²) in [6, 6.07) is 0. The molecule has 2 aliphatic carbocycles. The summed E-state index contributed by atoms with van der Waals surface area (Å²) in [5, 5.41) is 50.9. The number of allylic oxidation sites excluding steroid dienone is 1. The maximum absolute atomic E-state index is 13.5. The Hall–Kier alpha value is -1.66. The molecule has 0 aromatic heterocycles. The molecule has 36 heavy (non-hydrogen) atoms. The molecule has 2 aliphatic heterocycles. The molecule has 10 nitrogen and oxygen atoms in total. The number of carbonyl (C=O) groups excluding carboxylic acids is 2. The number of hydrogen-bond donors (Lipinski definition) is 5. The zero-order valence-corrected chi connectivity index (χ0v) is 20.8. The van der Waals surface area contributed by atoms with Gasteiger partial charge in [-0.25, -0.2) is 4.79 Å². The second-order valence-corrected chi connectivity index (χ2v) is 11.2. The Bertz CT molecular complexity index is 914. The van der Waals surface area contributed by atoms with Gasteiger partial charge in [-0.1, -0.05) is 26.0 Å². The van der Waals surface area contributed by atoms with Gasteiger partial charge in [0.05, 0.1) is 19.3 Å². The Kier molecular flexibility index (Phi) is 7.79. The van der Waals surface area contributed by atoms with E-state index >= 15 is 0 Å². The van der Waals surface area contributed by atoms with Crippen molar-refractivity contribution in [1.82, 2.24) is 0 Å². The molecule has 0 radical (unpaired) electrons. The minimum absolute atomic E-state index is 0.0224. The number of hydrogen-bond acceptors (Lipinski definition) is 10. The summed E-state index contributed by atoms with van der Waals surface area (Å²) in [5.41, 5.74) is -0.180. The van der Waals surface area contributed by atoms with Crippen molar-refractivity contribution in [2.75, 3.05) is 19.8 Å². The first-order valence-electron chi connectivity index (χ1n) is 12.6. The first-order valence-corrected chi connectivity index (χ1v) is 12.6. The van der Waals surface area contributed by atoms with Gasteiger partial charge in [0, 0.05) is 23.3 Å². The van der Waals surface area contributed by atoms with E-state index in [1.165, 1.54) is 0 Å². The number of Topliss-reactive ketones (excluding diaryl/α,β-unsaturated/α-hetero) is 1. The highest BCUT2D eigenvalue weighted by Crippen LogP contribution is 2.62. The average molecular weight is 511 g/mol. The number of carbonyl (C=O) groups is 2. The minimum atomic E-state index is -1.56. The summed E-state index contributed by atoms with van der Waals surface area (Å²) < 4.78 is 16.7. The van der Waals surface area contributed by atoms with Crippen molar-refractivity contribution in [2.24, 2.45) is 22.7 Å². The molecule has 0 spiro atoms. The highest BCUT2D eigenvalue weighted by molar-refractivity contribution is 5.98. The molecule has 1 saturated heterocycles. The Morgan fingerprint density at radius 3 is 2.50 bits per heavy atom. The maximum Gasteiger partial charge on any atom is 0.334 e. The lowest BCUT2D eigenvalue weighted by Crippen LogP contribution is -2.63. The van der Waals surface area contributed by atoms with Crippen LogP contribution in [0.25, 0.3) is 0 Å². The van der Waals surface area contributed by atoms with Crippen molar-refractivity contribution in [3.63, 3.8) is 0 Å². The topological polar surface area (TPSA) is 163 Å². The van der Waals surface area contributed by atoms with Crippen molar-refractivity contribution in [3.05, 3.63) is 23.8 Å². The number of ether oxygens (including phenoxy) is 3. The van der Waals surface area contributed by atoms with Crippen LogP contribution in [0.4, 0.5) is 0 Å². The molecule has 0 amide bonds. The van der Waals surface area contributed by atoms with Crippen LogP contribution in [-0.2, 0) is 23.8 Å². The van der Waals surface area contributed by atoms with E-state index in [1.54, 1.807) is 6.08 Å². The lowest BCUT2D eigenvalue weighted by molar-refractivity contribution is -0.329. The SMILES string of the molecule is C=C1CC[C@H]2[C@@](C)(CCC(OC3OC(CO)C(O)C(O)C3O)[C@@]2(C)CO)C1C(=O)CC1=CCOC1=O. The second kappa shape index (κ2) is 10.2. The Morgan fingerprint density at radius 1 is 1.17 bits per heavy atom. The van der Waals surface area contributed by atoms with Crippen molar-refractivity contribution in [3.8, 4) is 0 Å². The summed E-state index contributed by atoms with van der Waals surface area (Å²) in [6.45, 7) is 7.47. The lowest BCUT2D eigenvalue weighted by Gasteiger charge is -2.60. The number of rotatable bonds is 7. The van der Waals surface area contributed by atoms with E-state index in [2.05, 4.69) is 6.58 Å². The minimum Gasteiger partial charge on any atom is -0.458 e. The largest absolute Gasteiger partial charge is 0.458 e. The van der Waals surface area contributed by atoms with Gasteiger partial charge in [-0.05, 0) is 43.1 Å². The first kappa shape index (κ1) is 27.4. The third kappa shape index (κ3) is 4.47. The third-order valence-corrected chi connectivity index (χ3v) is 9.08. The van der Waals surface area contributed by atoms with Crippen molar-refractivity contribution in [2.45, 2.75) is 82.8 Å². The van der Waals surface area contributed by atoms with Gasteiger partial charge in [-0.15, -0.1) is 0 Å². The molecule has 5 N–H and O–H groups in total. The van der Waals surface area contributed by atoms with E-state index in [9.17, 15) is 35.1 Å². The Morgan fingerprint density at radius 2 is 1.89 bits per heavy atom. The van der Waals surface area contributed by atoms with Gasteiger partial charge < -0.3 is 39.7 Å². The maximum atomic E-state index is 13.5. The Balaban J connectivity index is 1.57. The van der Waals surface area contributed by atoms with Crippen LogP contribution < -0.4 is 0 Å². The summed E-state index contributed by atoms with van der Waals surface area (Å²) in [4.78, 5) is 25.5. The molecule has 4 rings (SSSR count). The molecule has 10 heteroatoms. The third-order valence-electron chi connectivity index (χ3n) is 9.08. The van der Waals surface area contributed by atoms with E-state index in [0.717, 1.165) is 5.57 Å². The molecular formula is C26H38O10. The zero-order chi connectivity index (χ0) is 26.4. The van der Waals surface area contributed by atoms with Crippen molar-refractivity contribution >= 4 is 11.8 Å². The van der Waals surface area contributed by atoms with Gasteiger partial charge in [-0.2, -0.15) is 0 Å². The van der Waals surface area contributed by atoms with Crippen LogP contribution in [-0.4, -0.2) is 93.9 Å². The summed E-state index contributed by atoms with van der Waals surface area (Å²) in [6.07, 6.45) is -3.72. The van der Waals surface area contributed by atoms with Crippen molar-refractivity contribution < 1.29 is 49.3 Å². The fraction of sp³-hybridized carbons (Fsp3) is 0.769. The predicted molar refractivity (Wildman–Crippen MR) is 125 cm³/mol. The van der Waals surface area contributed by atoms with E-state index in [1.807, 2.05) is 13.8 Å².